The summed E-state index contributed by atoms with van der Waals surface area (Å²) < 4.78 is 0. The minimum absolute atomic E-state index is 0.670. The van der Waals surface area contributed by atoms with Gasteiger partial charge in [0.05, 0.1) is 5.70 Å². The monoisotopic (exact) mass is 179 g/mol. The van der Waals surface area contributed by atoms with E-state index < -0.39 is 0 Å². The summed E-state index contributed by atoms with van der Waals surface area (Å²) in [4.78, 5) is 0. The Bertz CT molecular complexity index is 214. The molecule has 1 aliphatic rings. The second-order valence-corrected chi connectivity index (χ2v) is 4.52. The molecule has 0 saturated carbocycles. The average Bonchev–Trinajstić information content (AvgIpc) is 2.33. The van der Waals surface area contributed by atoms with Crippen molar-refractivity contribution in [3.8, 4) is 0 Å². The van der Waals surface area contributed by atoms with Crippen molar-refractivity contribution in [2.75, 3.05) is 0 Å². The third-order valence-electron chi connectivity index (χ3n) is 1.87. The molecule has 0 aliphatic carbocycles. The first kappa shape index (κ1) is 10.4. The molecule has 0 unspecified atom stereocenters. The Balaban J connectivity index is 2.41. The number of hydrogen-bond acceptors (Lipinski definition) is 2. The second kappa shape index (κ2) is 4.54. The van der Waals surface area contributed by atoms with Gasteiger partial charge in [-0.1, -0.05) is 27.7 Å². The van der Waals surface area contributed by atoms with Gasteiger partial charge in [0.2, 0.25) is 0 Å². The molecule has 2 heteroatoms. The zero-order valence-electron chi connectivity index (χ0n) is 9.04. The van der Waals surface area contributed by atoms with E-state index in [1.54, 1.807) is 0 Å². The van der Waals surface area contributed by atoms with Crippen molar-refractivity contribution in [1.29, 1.82) is 0 Å². The van der Waals surface area contributed by atoms with Crippen molar-refractivity contribution in [3.63, 3.8) is 0 Å². The quantitative estimate of drug-likeness (QED) is 0.624. The minimum atomic E-state index is 0.670. The number of hydrogen-bond donors (Lipinski definition) is 0. The molecular formula is C11H19N2. The zero-order chi connectivity index (χ0) is 9.84. The standard InChI is InChI=1S/C11H19N2/c1-8(2)5-10-7-11(13-12-10)6-9(3)4/h7-9H,5-6H2,1-4H3. The summed E-state index contributed by atoms with van der Waals surface area (Å²) in [5.74, 6) is 1.34. The van der Waals surface area contributed by atoms with Crippen molar-refractivity contribution in [1.82, 2.24) is 0 Å². The van der Waals surface area contributed by atoms with Crippen molar-refractivity contribution >= 4 is 0 Å². The summed E-state index contributed by atoms with van der Waals surface area (Å²) in [6.45, 7) is 8.82. The number of allylic oxidation sites excluding steroid dienone is 1. The van der Waals surface area contributed by atoms with E-state index in [2.05, 4.69) is 44.0 Å². The molecule has 13 heavy (non-hydrogen) atoms. The molecule has 1 heterocycles. The van der Waals surface area contributed by atoms with Crippen LogP contribution in [0.3, 0.4) is 0 Å². The highest BCUT2D eigenvalue weighted by Gasteiger charge is 2.15. The van der Waals surface area contributed by atoms with E-state index in [0.717, 1.165) is 24.6 Å². The summed E-state index contributed by atoms with van der Waals surface area (Å²) in [5.41, 5.74) is 1.14. The lowest BCUT2D eigenvalue weighted by atomic mass is 10.0. The largest absolute Gasteiger partial charge is 0.175 e. The molecule has 0 atom stereocenters. The Kier molecular flexibility index (Phi) is 3.64. The van der Waals surface area contributed by atoms with Crippen LogP contribution in [0.1, 0.15) is 40.5 Å². The lowest BCUT2D eigenvalue weighted by molar-refractivity contribution is 0.606. The fourth-order valence-electron chi connectivity index (χ4n) is 1.41. The molecule has 2 nitrogen and oxygen atoms in total. The third-order valence-corrected chi connectivity index (χ3v) is 1.87. The Labute approximate surface area is 81.1 Å². The molecule has 1 rings (SSSR count). The summed E-state index contributed by atoms with van der Waals surface area (Å²) in [6, 6.07) is 1.14. The molecule has 0 aromatic rings. The zero-order valence-corrected chi connectivity index (χ0v) is 9.04. The molecule has 0 aromatic carbocycles. The van der Waals surface area contributed by atoms with Crippen LogP contribution in [0.2, 0.25) is 0 Å². The van der Waals surface area contributed by atoms with E-state index in [-0.39, 0.29) is 0 Å². The maximum atomic E-state index is 4.16. The molecular weight excluding hydrogens is 160 g/mol. The van der Waals surface area contributed by atoms with Crippen LogP contribution in [0.4, 0.5) is 0 Å². The first-order chi connectivity index (χ1) is 6.08. The number of rotatable bonds is 4. The lowest BCUT2D eigenvalue weighted by Gasteiger charge is -2.04. The van der Waals surface area contributed by atoms with Crippen LogP contribution in [-0.2, 0) is 0 Å². The highest BCUT2D eigenvalue weighted by molar-refractivity contribution is 5.19. The summed E-state index contributed by atoms with van der Waals surface area (Å²) in [5, 5.41) is 8.32. The van der Waals surface area contributed by atoms with Crippen molar-refractivity contribution in [2.24, 2.45) is 22.1 Å². The topological polar surface area (TPSA) is 24.7 Å². The molecule has 0 amide bonds. The van der Waals surface area contributed by atoms with Crippen LogP contribution in [0.25, 0.3) is 0 Å². The van der Waals surface area contributed by atoms with Crippen molar-refractivity contribution in [2.45, 2.75) is 40.5 Å². The van der Waals surface area contributed by atoms with Gasteiger partial charge in [0.25, 0.3) is 0 Å². The van der Waals surface area contributed by atoms with Crippen molar-refractivity contribution < 1.29 is 0 Å². The molecule has 1 radical (unpaired) electrons. The SMILES string of the molecule is CC(C)C[C]1C=C(CC(C)C)N=N1. The maximum Gasteiger partial charge on any atom is 0.133 e. The van der Waals surface area contributed by atoms with Gasteiger partial charge in [-0.15, -0.1) is 0 Å². The fraction of sp³-hybridized carbons (Fsp3) is 0.727. The molecule has 0 bridgehead atoms. The molecule has 0 spiro atoms. The van der Waals surface area contributed by atoms with E-state index in [9.17, 15) is 0 Å². The maximum absolute atomic E-state index is 4.16. The summed E-state index contributed by atoms with van der Waals surface area (Å²) in [6.07, 6.45) is 4.23. The highest BCUT2D eigenvalue weighted by Crippen LogP contribution is 2.28. The molecule has 73 valence electrons. The van der Waals surface area contributed by atoms with Crippen LogP contribution in [0, 0.1) is 17.9 Å². The van der Waals surface area contributed by atoms with E-state index in [1.807, 2.05) is 0 Å². The molecule has 0 saturated heterocycles. The second-order valence-electron chi connectivity index (χ2n) is 4.52. The predicted molar refractivity (Wildman–Crippen MR) is 55.1 cm³/mol. The number of nitrogens with zero attached hydrogens (tertiary/aromatic N) is 2. The Morgan fingerprint density at radius 1 is 1.00 bits per heavy atom. The molecule has 0 aromatic heterocycles. The van der Waals surface area contributed by atoms with Gasteiger partial charge in [0.1, 0.15) is 6.04 Å². The van der Waals surface area contributed by atoms with Crippen LogP contribution < -0.4 is 0 Å². The highest BCUT2D eigenvalue weighted by atomic mass is 15.2. The Morgan fingerprint density at radius 3 is 2.15 bits per heavy atom. The van der Waals surface area contributed by atoms with E-state index in [1.165, 1.54) is 0 Å². The van der Waals surface area contributed by atoms with Crippen LogP contribution in [0.5, 0.6) is 0 Å². The number of azo groups is 1. The van der Waals surface area contributed by atoms with Gasteiger partial charge in [-0.05, 0) is 30.8 Å². The Hall–Kier alpha value is -0.660. The third kappa shape index (κ3) is 3.71. The smallest absolute Gasteiger partial charge is 0.133 e. The normalized spacial score (nSPS) is 17.5. The van der Waals surface area contributed by atoms with E-state index in [0.29, 0.717) is 11.8 Å². The molecule has 1 aliphatic heterocycles. The van der Waals surface area contributed by atoms with Gasteiger partial charge in [-0.3, -0.25) is 0 Å². The van der Waals surface area contributed by atoms with Gasteiger partial charge in [0, 0.05) is 0 Å². The molecule has 0 N–H and O–H groups in total. The average molecular weight is 179 g/mol. The predicted octanol–water partition coefficient (Wildman–Crippen LogP) is 3.96. The Morgan fingerprint density at radius 2 is 1.62 bits per heavy atom. The van der Waals surface area contributed by atoms with Gasteiger partial charge in [-0.2, -0.15) is 10.2 Å². The van der Waals surface area contributed by atoms with Crippen LogP contribution in [0.15, 0.2) is 22.0 Å². The van der Waals surface area contributed by atoms with Crippen LogP contribution >= 0.6 is 0 Å². The minimum Gasteiger partial charge on any atom is -0.175 e. The van der Waals surface area contributed by atoms with Gasteiger partial charge >= 0.3 is 0 Å². The summed E-state index contributed by atoms with van der Waals surface area (Å²) >= 11 is 0. The molecule has 0 fully saturated rings. The lowest BCUT2D eigenvalue weighted by Crippen LogP contribution is -1.94. The van der Waals surface area contributed by atoms with Crippen LogP contribution in [-0.4, -0.2) is 0 Å². The fourth-order valence-corrected chi connectivity index (χ4v) is 1.41. The van der Waals surface area contributed by atoms with Gasteiger partial charge < -0.3 is 0 Å². The summed E-state index contributed by atoms with van der Waals surface area (Å²) in [7, 11) is 0. The van der Waals surface area contributed by atoms with Gasteiger partial charge in [-0.25, -0.2) is 0 Å². The van der Waals surface area contributed by atoms with E-state index in [4.69, 9.17) is 0 Å². The first-order valence-corrected chi connectivity index (χ1v) is 5.06. The van der Waals surface area contributed by atoms with Gasteiger partial charge in [0.15, 0.2) is 0 Å². The van der Waals surface area contributed by atoms with E-state index >= 15 is 0 Å². The van der Waals surface area contributed by atoms with Crippen molar-refractivity contribution in [3.05, 3.63) is 17.8 Å². The first-order valence-electron chi connectivity index (χ1n) is 5.06.